The summed E-state index contributed by atoms with van der Waals surface area (Å²) in [6.45, 7) is 0.453. The van der Waals surface area contributed by atoms with Crippen molar-refractivity contribution < 1.29 is 22.0 Å². The minimum atomic E-state index is -4.69. The van der Waals surface area contributed by atoms with E-state index in [0.717, 1.165) is 17.7 Å². The van der Waals surface area contributed by atoms with Crippen molar-refractivity contribution in [2.24, 2.45) is 0 Å². The van der Waals surface area contributed by atoms with Crippen molar-refractivity contribution in [2.45, 2.75) is 17.2 Å². The first-order valence-electron chi connectivity index (χ1n) is 7.87. The summed E-state index contributed by atoms with van der Waals surface area (Å²) < 4.78 is 49.6. The van der Waals surface area contributed by atoms with E-state index in [2.05, 4.69) is 10.4 Å². The summed E-state index contributed by atoms with van der Waals surface area (Å²) in [4.78, 5) is 11.8. The number of carbonyl (C=O) groups is 1. The van der Waals surface area contributed by atoms with Crippen LogP contribution in [0.25, 0.3) is 0 Å². The normalized spacial score (nSPS) is 11.5. The van der Waals surface area contributed by atoms with E-state index < -0.39 is 26.4 Å². The van der Waals surface area contributed by atoms with E-state index in [-0.39, 0.29) is 5.56 Å². The molecule has 0 aliphatic heterocycles. The molecule has 0 bridgehead atoms. The van der Waals surface area contributed by atoms with Crippen LogP contribution < -0.4 is 5.32 Å². The maximum absolute atomic E-state index is 12.6. The molecule has 1 heterocycles. The highest BCUT2D eigenvalue weighted by atomic mass is 32.2. The van der Waals surface area contributed by atoms with Gasteiger partial charge in [0.05, 0.1) is 17.6 Å². The van der Waals surface area contributed by atoms with E-state index in [1.165, 1.54) is 18.3 Å². The van der Waals surface area contributed by atoms with Gasteiger partial charge in [-0.1, -0.05) is 30.3 Å². The molecule has 6 nitrogen and oxygen atoms in total. The Morgan fingerprint density at radius 2 is 1.70 bits per heavy atom. The van der Waals surface area contributed by atoms with Crippen LogP contribution in [-0.2, 0) is 16.4 Å². The van der Waals surface area contributed by atoms with Gasteiger partial charge in [-0.15, -0.1) is 0 Å². The van der Waals surface area contributed by atoms with Crippen LogP contribution in [0.3, 0.4) is 0 Å². The molecule has 1 amide bonds. The van der Waals surface area contributed by atoms with Crippen molar-refractivity contribution in [3.63, 3.8) is 0 Å². The smallest absolute Gasteiger partial charge is 0.307 e. The zero-order chi connectivity index (χ0) is 19.4. The van der Waals surface area contributed by atoms with Gasteiger partial charge in [-0.2, -0.15) is 13.9 Å². The molecule has 1 N–H and O–H groups in total. The highest BCUT2D eigenvalue weighted by molar-refractivity contribution is 7.91. The van der Waals surface area contributed by atoms with Crippen LogP contribution in [0.2, 0.25) is 0 Å². The number of anilines is 1. The number of sulfone groups is 1. The Morgan fingerprint density at radius 1 is 1.04 bits per heavy atom. The van der Waals surface area contributed by atoms with Gasteiger partial charge in [-0.25, -0.2) is 13.1 Å². The van der Waals surface area contributed by atoms with Crippen molar-refractivity contribution in [3.8, 4) is 0 Å². The SMILES string of the molecule is O=C(Nc1ccnn1Cc1ccccc1)c1ccc(S(=O)(=O)C(F)F)cc1. The zero-order valence-electron chi connectivity index (χ0n) is 13.9. The molecule has 0 saturated carbocycles. The highest BCUT2D eigenvalue weighted by Crippen LogP contribution is 2.19. The molecule has 0 atom stereocenters. The van der Waals surface area contributed by atoms with Gasteiger partial charge >= 0.3 is 5.76 Å². The maximum Gasteiger partial charge on any atom is 0.341 e. The monoisotopic (exact) mass is 391 g/mol. The van der Waals surface area contributed by atoms with Crippen LogP contribution in [-0.4, -0.2) is 29.9 Å². The number of alkyl halides is 2. The fourth-order valence-corrected chi connectivity index (χ4v) is 3.13. The maximum atomic E-state index is 12.6. The molecular weight excluding hydrogens is 376 g/mol. The van der Waals surface area contributed by atoms with E-state index in [9.17, 15) is 22.0 Å². The van der Waals surface area contributed by atoms with Gasteiger partial charge in [0.1, 0.15) is 5.82 Å². The summed E-state index contributed by atoms with van der Waals surface area (Å²) in [5, 5.41) is 6.84. The molecule has 3 rings (SSSR count). The van der Waals surface area contributed by atoms with E-state index in [0.29, 0.717) is 12.4 Å². The van der Waals surface area contributed by atoms with Crippen molar-refractivity contribution in [1.82, 2.24) is 9.78 Å². The number of amides is 1. The molecule has 0 aliphatic rings. The van der Waals surface area contributed by atoms with Crippen LogP contribution in [0.1, 0.15) is 15.9 Å². The van der Waals surface area contributed by atoms with Gasteiger partial charge in [0.2, 0.25) is 9.84 Å². The first-order valence-corrected chi connectivity index (χ1v) is 9.42. The number of benzene rings is 2. The van der Waals surface area contributed by atoms with Gasteiger partial charge in [0, 0.05) is 11.6 Å². The number of hydrogen-bond donors (Lipinski definition) is 1. The molecule has 0 radical (unpaired) electrons. The minimum Gasteiger partial charge on any atom is -0.307 e. The molecule has 0 saturated heterocycles. The van der Waals surface area contributed by atoms with Gasteiger partial charge in [-0.3, -0.25) is 4.79 Å². The summed E-state index contributed by atoms with van der Waals surface area (Å²) >= 11 is 0. The number of rotatable bonds is 6. The lowest BCUT2D eigenvalue weighted by atomic mass is 10.2. The highest BCUT2D eigenvalue weighted by Gasteiger charge is 2.26. The lowest BCUT2D eigenvalue weighted by molar-refractivity contribution is 0.102. The van der Waals surface area contributed by atoms with Crippen LogP contribution in [0.15, 0.2) is 71.8 Å². The predicted molar refractivity (Wildman–Crippen MR) is 95.4 cm³/mol. The average Bonchev–Trinajstić information content (AvgIpc) is 3.09. The number of hydrogen-bond acceptors (Lipinski definition) is 4. The largest absolute Gasteiger partial charge is 0.341 e. The number of nitrogens with zero attached hydrogens (tertiary/aromatic N) is 2. The minimum absolute atomic E-state index is 0.135. The number of aromatic nitrogens is 2. The van der Waals surface area contributed by atoms with Crippen molar-refractivity contribution >= 4 is 21.6 Å². The fourth-order valence-electron chi connectivity index (χ4n) is 2.41. The van der Waals surface area contributed by atoms with E-state index in [1.807, 2.05) is 30.3 Å². The standard InChI is InChI=1S/C18H15F2N3O3S/c19-18(20)27(25,26)15-8-6-14(7-9-15)17(24)22-16-10-11-21-23(16)12-13-4-2-1-3-5-13/h1-11,18H,12H2,(H,22,24). The third kappa shape index (κ3) is 4.20. The zero-order valence-corrected chi connectivity index (χ0v) is 14.7. The molecule has 0 aliphatic carbocycles. The molecular formula is C18H15F2N3O3S. The number of carbonyl (C=O) groups excluding carboxylic acids is 1. The van der Waals surface area contributed by atoms with Crippen LogP contribution in [0.4, 0.5) is 14.6 Å². The number of halogens is 2. The average molecular weight is 391 g/mol. The second-order valence-electron chi connectivity index (χ2n) is 5.64. The molecule has 9 heteroatoms. The van der Waals surface area contributed by atoms with Crippen LogP contribution in [0, 0.1) is 0 Å². The summed E-state index contributed by atoms with van der Waals surface area (Å²) in [6, 6.07) is 15.5. The van der Waals surface area contributed by atoms with Crippen molar-refractivity contribution in [2.75, 3.05) is 5.32 Å². The van der Waals surface area contributed by atoms with E-state index in [4.69, 9.17) is 0 Å². The first-order chi connectivity index (χ1) is 12.9. The fraction of sp³-hybridized carbons (Fsp3) is 0.111. The van der Waals surface area contributed by atoms with Crippen molar-refractivity contribution in [1.29, 1.82) is 0 Å². The topological polar surface area (TPSA) is 81.1 Å². The Kier molecular flexibility index (Phi) is 5.31. The summed E-state index contributed by atoms with van der Waals surface area (Å²) in [5.74, 6) is -3.57. The lowest BCUT2D eigenvalue weighted by Crippen LogP contribution is -2.17. The Labute approximate surface area is 154 Å². The van der Waals surface area contributed by atoms with Crippen LogP contribution in [0.5, 0.6) is 0 Å². The van der Waals surface area contributed by atoms with Gasteiger partial charge in [0.15, 0.2) is 0 Å². The summed E-state index contributed by atoms with van der Waals surface area (Å²) in [6.07, 6.45) is 1.54. The van der Waals surface area contributed by atoms with Crippen LogP contribution >= 0.6 is 0 Å². The van der Waals surface area contributed by atoms with E-state index >= 15 is 0 Å². The second-order valence-corrected chi connectivity index (χ2v) is 7.56. The molecule has 2 aromatic carbocycles. The van der Waals surface area contributed by atoms with E-state index in [1.54, 1.807) is 10.7 Å². The Hall–Kier alpha value is -3.07. The van der Waals surface area contributed by atoms with Gasteiger partial charge in [-0.05, 0) is 29.8 Å². The molecule has 0 unspecified atom stereocenters. The van der Waals surface area contributed by atoms with Crippen molar-refractivity contribution in [3.05, 3.63) is 78.0 Å². The second kappa shape index (κ2) is 7.67. The lowest BCUT2D eigenvalue weighted by Gasteiger charge is -2.10. The third-order valence-corrected chi connectivity index (χ3v) is 5.21. The molecule has 0 spiro atoms. The first kappa shape index (κ1) is 18.7. The summed E-state index contributed by atoms with van der Waals surface area (Å²) in [5.41, 5.74) is 1.13. The molecule has 0 fully saturated rings. The molecule has 1 aromatic heterocycles. The Balaban J connectivity index is 1.74. The number of nitrogens with one attached hydrogen (secondary N) is 1. The summed E-state index contributed by atoms with van der Waals surface area (Å²) in [7, 11) is -4.69. The molecule has 27 heavy (non-hydrogen) atoms. The van der Waals surface area contributed by atoms with Gasteiger partial charge in [0.25, 0.3) is 5.91 Å². The Bertz CT molecular complexity index is 1030. The predicted octanol–water partition coefficient (Wildman–Crippen LogP) is 3.18. The van der Waals surface area contributed by atoms with Gasteiger partial charge < -0.3 is 5.32 Å². The molecule has 3 aromatic rings. The third-order valence-electron chi connectivity index (χ3n) is 3.81. The Morgan fingerprint density at radius 3 is 2.33 bits per heavy atom. The molecule has 140 valence electrons. The quantitative estimate of drug-likeness (QED) is 0.700.